The maximum absolute atomic E-state index is 13.2. The third-order valence-electron chi connectivity index (χ3n) is 5.76. The number of aromatic nitrogens is 4. The summed E-state index contributed by atoms with van der Waals surface area (Å²) in [5, 5.41) is 3.17. The van der Waals surface area contributed by atoms with Gasteiger partial charge in [-0.05, 0) is 58.4 Å². The molecule has 0 unspecified atom stereocenters. The summed E-state index contributed by atoms with van der Waals surface area (Å²) in [7, 11) is 0. The molecule has 0 saturated carbocycles. The van der Waals surface area contributed by atoms with Crippen molar-refractivity contribution >= 4 is 28.6 Å². The largest absolute Gasteiger partial charge is 0.370 e. The molecule has 0 spiro atoms. The summed E-state index contributed by atoms with van der Waals surface area (Å²) in [5.74, 6) is 0. The highest BCUT2D eigenvalue weighted by atomic mass is 16.1. The first-order chi connectivity index (χ1) is 15.3. The Hall–Kier alpha value is -3.81. The van der Waals surface area contributed by atoms with Crippen molar-refractivity contribution in [2.24, 2.45) is 4.99 Å². The molecule has 8 nitrogen and oxygen atoms in total. The number of hydrogen-bond acceptors (Lipinski definition) is 4. The van der Waals surface area contributed by atoms with Crippen LogP contribution in [0.25, 0.3) is 16.7 Å². The van der Waals surface area contributed by atoms with Crippen LogP contribution in [-0.4, -0.2) is 39.1 Å². The lowest BCUT2D eigenvalue weighted by atomic mass is 10.1. The summed E-state index contributed by atoms with van der Waals surface area (Å²) in [4.78, 5) is 37.4. The predicted octanol–water partition coefficient (Wildman–Crippen LogP) is 3.86. The molecule has 0 fully saturated rings. The molecule has 0 radical (unpaired) electrons. The van der Waals surface area contributed by atoms with E-state index in [4.69, 9.17) is 0 Å². The van der Waals surface area contributed by atoms with Gasteiger partial charge in [-0.3, -0.25) is 14.9 Å². The molecule has 0 saturated heterocycles. The van der Waals surface area contributed by atoms with Crippen LogP contribution in [0.3, 0.4) is 0 Å². The van der Waals surface area contributed by atoms with Crippen molar-refractivity contribution < 1.29 is 0 Å². The second kappa shape index (κ2) is 8.37. The number of hydrogen-bond donors (Lipinski definition) is 3. The Morgan fingerprint density at radius 1 is 1.00 bits per heavy atom. The molecule has 0 aliphatic rings. The number of nitrogens with zero attached hydrogens (tertiary/aromatic N) is 3. The van der Waals surface area contributed by atoms with E-state index in [2.05, 4.69) is 44.9 Å². The maximum atomic E-state index is 13.2. The van der Waals surface area contributed by atoms with Crippen LogP contribution in [0.15, 0.2) is 44.9 Å². The fraction of sp³-hybridized carbons (Fsp3) is 0.292. The standard InChI is InChI=1S/C24H28N6O2/c1-6-29(7-2)22-12-19-18(26-24(32)27-19)11-20(22)25-13-17-16(5)28-30(23(17)31)21-9-8-14(3)10-15(21)4/h8-13,28H,6-7H2,1-5H3,(H2,26,27,32). The Bertz CT molecular complexity index is 1430. The predicted molar refractivity (Wildman–Crippen MR) is 130 cm³/mol. The maximum Gasteiger partial charge on any atom is 0.323 e. The SMILES string of the molecule is CCN(CC)c1cc2[nH]c(=O)[nH]c2cc1N=Cc1c(C)[nH]n(-c2ccc(C)cc2C)c1=O. The van der Waals surface area contributed by atoms with Gasteiger partial charge in [-0.1, -0.05) is 17.7 Å². The molecule has 166 valence electrons. The first kappa shape index (κ1) is 21.4. The van der Waals surface area contributed by atoms with Gasteiger partial charge in [0, 0.05) is 25.0 Å². The lowest BCUT2D eigenvalue weighted by Gasteiger charge is -2.22. The molecule has 2 aromatic carbocycles. The number of aromatic amines is 3. The second-order valence-electron chi connectivity index (χ2n) is 7.98. The third kappa shape index (κ3) is 3.79. The van der Waals surface area contributed by atoms with Crippen molar-refractivity contribution in [1.29, 1.82) is 0 Å². The number of rotatable bonds is 6. The minimum atomic E-state index is -0.260. The zero-order valence-electron chi connectivity index (χ0n) is 19.0. The highest BCUT2D eigenvalue weighted by Crippen LogP contribution is 2.32. The summed E-state index contributed by atoms with van der Waals surface area (Å²) < 4.78 is 1.56. The number of H-pyrrole nitrogens is 3. The van der Waals surface area contributed by atoms with Crippen molar-refractivity contribution in [2.75, 3.05) is 18.0 Å². The monoisotopic (exact) mass is 432 g/mol. The van der Waals surface area contributed by atoms with Gasteiger partial charge in [0.05, 0.1) is 33.7 Å². The summed E-state index contributed by atoms with van der Waals surface area (Å²) in [6, 6.07) is 9.74. The van der Waals surface area contributed by atoms with Gasteiger partial charge in [0.15, 0.2) is 0 Å². The van der Waals surface area contributed by atoms with Gasteiger partial charge in [-0.2, -0.15) is 0 Å². The topological polar surface area (TPSA) is 102 Å². The molecule has 0 amide bonds. The summed E-state index contributed by atoms with van der Waals surface area (Å²) in [6.07, 6.45) is 1.60. The van der Waals surface area contributed by atoms with E-state index in [1.54, 1.807) is 10.9 Å². The minimum absolute atomic E-state index is 0.154. The first-order valence-corrected chi connectivity index (χ1v) is 10.8. The Morgan fingerprint density at radius 3 is 2.34 bits per heavy atom. The summed E-state index contributed by atoms with van der Waals surface area (Å²) >= 11 is 0. The molecule has 4 aromatic rings. The summed E-state index contributed by atoms with van der Waals surface area (Å²) in [5.41, 5.74) is 6.79. The van der Waals surface area contributed by atoms with E-state index >= 15 is 0 Å². The average molecular weight is 433 g/mol. The van der Waals surface area contributed by atoms with Crippen molar-refractivity contribution in [3.8, 4) is 5.69 Å². The number of fused-ring (bicyclic) bond motifs is 1. The van der Waals surface area contributed by atoms with Gasteiger partial charge in [0.2, 0.25) is 0 Å². The van der Waals surface area contributed by atoms with Gasteiger partial charge in [0.25, 0.3) is 5.56 Å². The highest BCUT2D eigenvalue weighted by molar-refractivity contribution is 5.90. The van der Waals surface area contributed by atoms with E-state index < -0.39 is 0 Å². The Kier molecular flexibility index (Phi) is 5.61. The molecular weight excluding hydrogens is 404 g/mol. The lowest BCUT2D eigenvalue weighted by molar-refractivity contribution is 0.828. The van der Waals surface area contributed by atoms with Crippen LogP contribution in [0.2, 0.25) is 0 Å². The minimum Gasteiger partial charge on any atom is -0.370 e. The molecule has 8 heteroatoms. The van der Waals surface area contributed by atoms with Crippen LogP contribution in [-0.2, 0) is 0 Å². The van der Waals surface area contributed by atoms with E-state index in [-0.39, 0.29) is 11.2 Å². The van der Waals surface area contributed by atoms with Crippen molar-refractivity contribution in [3.63, 3.8) is 0 Å². The molecule has 0 atom stereocenters. The van der Waals surface area contributed by atoms with Crippen molar-refractivity contribution in [2.45, 2.75) is 34.6 Å². The Labute approximate surface area is 185 Å². The zero-order chi connectivity index (χ0) is 23.0. The quantitative estimate of drug-likeness (QED) is 0.403. The lowest BCUT2D eigenvalue weighted by Crippen LogP contribution is -2.22. The molecular formula is C24H28N6O2. The Morgan fingerprint density at radius 2 is 1.69 bits per heavy atom. The number of imidazole rings is 1. The number of nitrogens with one attached hydrogen (secondary N) is 3. The molecule has 3 N–H and O–H groups in total. The van der Waals surface area contributed by atoms with E-state index in [1.807, 2.05) is 45.0 Å². The molecule has 0 aliphatic heterocycles. The van der Waals surface area contributed by atoms with E-state index in [0.29, 0.717) is 16.8 Å². The van der Waals surface area contributed by atoms with Gasteiger partial charge in [0.1, 0.15) is 0 Å². The van der Waals surface area contributed by atoms with Gasteiger partial charge in [-0.25, -0.2) is 9.48 Å². The normalized spacial score (nSPS) is 11.7. The van der Waals surface area contributed by atoms with Crippen LogP contribution in [0, 0.1) is 20.8 Å². The fourth-order valence-electron chi connectivity index (χ4n) is 4.05. The average Bonchev–Trinajstić information content (AvgIpc) is 3.25. The molecule has 32 heavy (non-hydrogen) atoms. The molecule has 2 aromatic heterocycles. The van der Waals surface area contributed by atoms with E-state index in [1.165, 1.54) is 0 Å². The van der Waals surface area contributed by atoms with Crippen LogP contribution < -0.4 is 16.1 Å². The van der Waals surface area contributed by atoms with Crippen molar-refractivity contribution in [1.82, 2.24) is 19.7 Å². The number of benzene rings is 2. The van der Waals surface area contributed by atoms with Gasteiger partial charge >= 0.3 is 5.69 Å². The van der Waals surface area contributed by atoms with Crippen molar-refractivity contribution in [3.05, 3.63) is 73.6 Å². The highest BCUT2D eigenvalue weighted by Gasteiger charge is 2.15. The Balaban J connectivity index is 1.81. The van der Waals surface area contributed by atoms with Gasteiger partial charge < -0.3 is 14.9 Å². The smallest absolute Gasteiger partial charge is 0.323 e. The molecule has 0 aliphatic carbocycles. The first-order valence-electron chi connectivity index (χ1n) is 10.8. The van der Waals surface area contributed by atoms with Crippen LogP contribution in [0.1, 0.15) is 36.2 Å². The van der Waals surface area contributed by atoms with Gasteiger partial charge in [-0.15, -0.1) is 0 Å². The number of anilines is 1. The van der Waals surface area contributed by atoms with E-state index in [0.717, 1.165) is 46.8 Å². The van der Waals surface area contributed by atoms with Crippen LogP contribution in [0.4, 0.5) is 11.4 Å². The fourth-order valence-corrected chi connectivity index (χ4v) is 4.05. The summed E-state index contributed by atoms with van der Waals surface area (Å²) in [6.45, 7) is 11.6. The molecule has 4 rings (SSSR count). The zero-order valence-corrected chi connectivity index (χ0v) is 19.0. The number of aryl methyl sites for hydroxylation is 3. The van der Waals surface area contributed by atoms with E-state index in [9.17, 15) is 9.59 Å². The molecule has 0 bridgehead atoms. The molecule has 2 heterocycles. The van der Waals surface area contributed by atoms with Crippen LogP contribution >= 0.6 is 0 Å². The third-order valence-corrected chi connectivity index (χ3v) is 5.76. The van der Waals surface area contributed by atoms with Crippen LogP contribution in [0.5, 0.6) is 0 Å². The number of aliphatic imine (C=N–C) groups is 1. The second-order valence-corrected chi connectivity index (χ2v) is 7.98.